The Morgan fingerprint density at radius 2 is 1.91 bits per heavy atom. The van der Waals surface area contributed by atoms with E-state index in [1.807, 2.05) is 12.1 Å². The van der Waals surface area contributed by atoms with E-state index in [9.17, 15) is 14.0 Å². The maximum Gasteiger partial charge on any atom is 0.339 e. The summed E-state index contributed by atoms with van der Waals surface area (Å²) in [5.74, 6) is -1.13. The Bertz CT molecular complexity index is 745. The van der Waals surface area contributed by atoms with Crippen LogP contribution in [0.2, 0.25) is 0 Å². The number of fused-ring (bicyclic) bond motifs is 1. The third kappa shape index (κ3) is 3.39. The van der Waals surface area contributed by atoms with Gasteiger partial charge in [0.2, 0.25) is 0 Å². The highest BCUT2D eigenvalue weighted by Crippen LogP contribution is 2.20. The minimum Gasteiger partial charge on any atom is -0.448 e. The molecule has 2 aromatic carbocycles. The van der Waals surface area contributed by atoms with Crippen molar-refractivity contribution in [3.05, 3.63) is 71.0 Å². The molecule has 0 aromatic heterocycles. The van der Waals surface area contributed by atoms with E-state index in [4.69, 9.17) is 4.74 Å². The summed E-state index contributed by atoms with van der Waals surface area (Å²) in [5.41, 5.74) is 1.85. The van der Waals surface area contributed by atoms with Gasteiger partial charge >= 0.3 is 5.97 Å². The molecule has 1 atom stereocenters. The summed E-state index contributed by atoms with van der Waals surface area (Å²) in [6.45, 7) is 0.287. The van der Waals surface area contributed by atoms with Crippen molar-refractivity contribution < 1.29 is 18.7 Å². The van der Waals surface area contributed by atoms with Crippen LogP contribution in [0.25, 0.3) is 0 Å². The van der Waals surface area contributed by atoms with Crippen LogP contribution in [0.4, 0.5) is 4.39 Å². The minimum atomic E-state index is -0.835. The summed E-state index contributed by atoms with van der Waals surface area (Å²) in [6, 6.07) is 13.5. The van der Waals surface area contributed by atoms with Crippen molar-refractivity contribution >= 4 is 11.9 Å². The fraction of sp³-hybridized carbons (Fsp3) is 0.222. The molecular formula is C18H16FNO3. The Hall–Kier alpha value is -2.69. The Morgan fingerprint density at radius 3 is 2.74 bits per heavy atom. The van der Waals surface area contributed by atoms with Crippen molar-refractivity contribution in [1.29, 1.82) is 0 Å². The molecule has 1 aliphatic heterocycles. The molecule has 23 heavy (non-hydrogen) atoms. The predicted octanol–water partition coefficient (Wildman–Crippen LogP) is 2.27. The van der Waals surface area contributed by atoms with Gasteiger partial charge in [-0.05, 0) is 29.7 Å². The van der Waals surface area contributed by atoms with Gasteiger partial charge in [0.15, 0.2) is 6.10 Å². The zero-order valence-electron chi connectivity index (χ0n) is 12.4. The number of esters is 1. The highest BCUT2D eigenvalue weighted by Gasteiger charge is 2.30. The molecular weight excluding hydrogens is 297 g/mol. The molecule has 0 aliphatic carbocycles. The average Bonchev–Trinajstić information content (AvgIpc) is 2.56. The lowest BCUT2D eigenvalue weighted by Crippen LogP contribution is -2.42. The molecule has 0 bridgehead atoms. The molecule has 1 heterocycles. The van der Waals surface area contributed by atoms with E-state index in [1.54, 1.807) is 30.3 Å². The van der Waals surface area contributed by atoms with Crippen molar-refractivity contribution in [2.75, 3.05) is 6.54 Å². The molecule has 0 radical (unpaired) electrons. The van der Waals surface area contributed by atoms with Crippen LogP contribution in [0.15, 0.2) is 48.5 Å². The second-order valence-corrected chi connectivity index (χ2v) is 5.39. The Labute approximate surface area is 133 Å². The molecule has 118 valence electrons. The third-order valence-corrected chi connectivity index (χ3v) is 3.84. The number of ether oxygens (including phenoxy) is 1. The van der Waals surface area contributed by atoms with Gasteiger partial charge in [-0.25, -0.2) is 9.18 Å². The van der Waals surface area contributed by atoms with Crippen molar-refractivity contribution in [2.45, 2.75) is 18.9 Å². The Morgan fingerprint density at radius 1 is 1.17 bits per heavy atom. The molecule has 0 saturated carbocycles. The van der Waals surface area contributed by atoms with Crippen LogP contribution in [-0.4, -0.2) is 24.5 Å². The lowest BCUT2D eigenvalue weighted by Gasteiger charge is -2.23. The van der Waals surface area contributed by atoms with Crippen molar-refractivity contribution in [2.24, 2.45) is 0 Å². The average molecular weight is 313 g/mol. The number of rotatable bonds is 4. The van der Waals surface area contributed by atoms with Gasteiger partial charge in [-0.3, -0.25) is 4.79 Å². The van der Waals surface area contributed by atoms with Gasteiger partial charge in [-0.1, -0.05) is 36.4 Å². The van der Waals surface area contributed by atoms with E-state index in [-0.39, 0.29) is 18.3 Å². The largest absolute Gasteiger partial charge is 0.448 e. The lowest BCUT2D eigenvalue weighted by molar-refractivity contribution is -0.130. The number of benzene rings is 2. The number of hydrogen-bond acceptors (Lipinski definition) is 3. The second-order valence-electron chi connectivity index (χ2n) is 5.39. The summed E-state index contributed by atoms with van der Waals surface area (Å²) >= 11 is 0. The number of carbonyl (C=O) groups is 2. The topological polar surface area (TPSA) is 55.4 Å². The van der Waals surface area contributed by atoms with E-state index in [0.717, 1.165) is 5.56 Å². The maximum absolute atomic E-state index is 13.5. The molecule has 0 saturated heterocycles. The van der Waals surface area contributed by atoms with Crippen LogP contribution < -0.4 is 5.32 Å². The molecule has 1 unspecified atom stereocenters. The highest BCUT2D eigenvalue weighted by atomic mass is 19.1. The number of cyclic esters (lactones) is 1. The molecule has 4 nitrogen and oxygen atoms in total. The SMILES string of the molecule is O=C1OC(C(=O)NCCc2ccccc2F)Cc2ccccc21. The Balaban J connectivity index is 1.57. The summed E-state index contributed by atoms with van der Waals surface area (Å²) in [5, 5.41) is 2.70. The van der Waals surface area contributed by atoms with Crippen LogP contribution in [-0.2, 0) is 22.4 Å². The van der Waals surface area contributed by atoms with Gasteiger partial charge in [0.25, 0.3) is 5.91 Å². The van der Waals surface area contributed by atoms with Crippen LogP contribution in [0.5, 0.6) is 0 Å². The van der Waals surface area contributed by atoms with Crippen molar-refractivity contribution in [3.63, 3.8) is 0 Å². The molecule has 0 fully saturated rings. The van der Waals surface area contributed by atoms with Crippen LogP contribution >= 0.6 is 0 Å². The first-order valence-corrected chi connectivity index (χ1v) is 7.45. The summed E-state index contributed by atoms with van der Waals surface area (Å²) in [7, 11) is 0. The first-order chi connectivity index (χ1) is 11.1. The lowest BCUT2D eigenvalue weighted by atomic mass is 9.98. The molecule has 5 heteroatoms. The molecule has 0 spiro atoms. The van der Waals surface area contributed by atoms with Crippen LogP contribution in [0, 0.1) is 5.82 Å². The first kappa shape index (κ1) is 15.2. The minimum absolute atomic E-state index is 0.287. The quantitative estimate of drug-likeness (QED) is 0.881. The zero-order valence-corrected chi connectivity index (χ0v) is 12.4. The van der Waals surface area contributed by atoms with Crippen LogP contribution in [0.3, 0.4) is 0 Å². The summed E-state index contributed by atoms with van der Waals surface area (Å²) in [4.78, 5) is 24.0. The fourth-order valence-electron chi connectivity index (χ4n) is 2.61. The van der Waals surface area contributed by atoms with Gasteiger partial charge in [-0.2, -0.15) is 0 Å². The molecule has 1 N–H and O–H groups in total. The predicted molar refractivity (Wildman–Crippen MR) is 82.5 cm³/mol. The fourth-order valence-corrected chi connectivity index (χ4v) is 2.61. The number of hydrogen-bond donors (Lipinski definition) is 1. The smallest absolute Gasteiger partial charge is 0.339 e. The highest BCUT2D eigenvalue weighted by molar-refractivity contribution is 5.95. The van der Waals surface area contributed by atoms with Crippen molar-refractivity contribution in [3.8, 4) is 0 Å². The molecule has 1 amide bonds. The second kappa shape index (κ2) is 6.60. The van der Waals surface area contributed by atoms with Gasteiger partial charge in [0.1, 0.15) is 5.82 Å². The van der Waals surface area contributed by atoms with E-state index < -0.39 is 12.1 Å². The van der Waals surface area contributed by atoms with Gasteiger partial charge in [0.05, 0.1) is 5.56 Å². The van der Waals surface area contributed by atoms with E-state index in [0.29, 0.717) is 24.0 Å². The Kier molecular flexibility index (Phi) is 4.37. The summed E-state index contributed by atoms with van der Waals surface area (Å²) < 4.78 is 18.7. The zero-order chi connectivity index (χ0) is 16.2. The van der Waals surface area contributed by atoms with E-state index in [1.165, 1.54) is 6.07 Å². The third-order valence-electron chi connectivity index (χ3n) is 3.84. The number of nitrogens with one attached hydrogen (secondary N) is 1. The molecule has 1 aliphatic rings. The number of carbonyl (C=O) groups excluding carboxylic acids is 2. The number of amides is 1. The normalized spacial score (nSPS) is 16.4. The van der Waals surface area contributed by atoms with Crippen molar-refractivity contribution in [1.82, 2.24) is 5.32 Å². The van der Waals surface area contributed by atoms with Gasteiger partial charge in [-0.15, -0.1) is 0 Å². The first-order valence-electron chi connectivity index (χ1n) is 7.45. The summed E-state index contributed by atoms with van der Waals surface area (Å²) in [6.07, 6.45) is -0.0960. The van der Waals surface area contributed by atoms with E-state index in [2.05, 4.69) is 5.32 Å². The monoisotopic (exact) mass is 313 g/mol. The van der Waals surface area contributed by atoms with Gasteiger partial charge < -0.3 is 10.1 Å². The standard InChI is InChI=1S/C18H16FNO3/c19-15-8-4-2-5-12(15)9-10-20-17(21)16-11-13-6-1-3-7-14(13)18(22)23-16/h1-8,16H,9-11H2,(H,20,21). The van der Waals surface area contributed by atoms with E-state index >= 15 is 0 Å². The number of halogens is 1. The maximum atomic E-state index is 13.5. The molecule has 2 aromatic rings. The van der Waals surface area contributed by atoms with Crippen LogP contribution in [0.1, 0.15) is 21.5 Å². The molecule has 3 rings (SSSR count). The van der Waals surface area contributed by atoms with Gasteiger partial charge in [0, 0.05) is 13.0 Å².